The van der Waals surface area contributed by atoms with Crippen LogP contribution in [0.4, 0.5) is 11.4 Å². The molecule has 0 aliphatic carbocycles. The number of benzene rings is 2. The van der Waals surface area contributed by atoms with Gasteiger partial charge in [-0.15, -0.1) is 0 Å². The van der Waals surface area contributed by atoms with Crippen LogP contribution < -0.4 is 19.3 Å². The molecule has 108 valence electrons. The highest BCUT2D eigenvalue weighted by molar-refractivity contribution is 5.58. The maximum absolute atomic E-state index is 5.46. The topological polar surface area (TPSA) is 24.9 Å². The lowest BCUT2D eigenvalue weighted by Crippen LogP contribution is -2.46. The van der Waals surface area contributed by atoms with E-state index >= 15 is 0 Å². The molecule has 0 spiro atoms. The first-order chi connectivity index (χ1) is 10.4. The number of para-hydroxylation sites is 1. The molecule has 2 aliphatic rings. The van der Waals surface area contributed by atoms with Gasteiger partial charge in [-0.3, -0.25) is 0 Å². The Morgan fingerprint density at radius 1 is 0.667 bits per heavy atom. The average molecular weight is 282 g/mol. The third-order valence-corrected chi connectivity index (χ3v) is 4.12. The van der Waals surface area contributed by atoms with Gasteiger partial charge in [0.1, 0.15) is 0 Å². The second-order valence-electron chi connectivity index (χ2n) is 5.35. The molecule has 0 N–H and O–H groups in total. The van der Waals surface area contributed by atoms with Crippen molar-refractivity contribution in [3.05, 3.63) is 48.5 Å². The van der Waals surface area contributed by atoms with Gasteiger partial charge in [-0.2, -0.15) is 0 Å². The van der Waals surface area contributed by atoms with Gasteiger partial charge in [-0.05, 0) is 24.3 Å². The van der Waals surface area contributed by atoms with Crippen LogP contribution in [0.2, 0.25) is 0 Å². The number of hydrogen-bond donors (Lipinski definition) is 0. The molecule has 4 heteroatoms. The van der Waals surface area contributed by atoms with Crippen LogP contribution in [-0.2, 0) is 0 Å². The quantitative estimate of drug-likeness (QED) is 0.845. The summed E-state index contributed by atoms with van der Waals surface area (Å²) in [5.41, 5.74) is 2.52. The number of piperazine rings is 1. The number of ether oxygens (including phenoxy) is 2. The molecule has 0 amide bonds. The average Bonchev–Trinajstić information content (AvgIpc) is 3.03. The highest BCUT2D eigenvalue weighted by Gasteiger charge is 2.20. The molecule has 0 saturated carbocycles. The third kappa shape index (κ3) is 2.37. The summed E-state index contributed by atoms with van der Waals surface area (Å²) < 4.78 is 10.8. The first-order valence-electron chi connectivity index (χ1n) is 7.35. The highest BCUT2D eigenvalue weighted by Crippen LogP contribution is 2.35. The molecule has 21 heavy (non-hydrogen) atoms. The van der Waals surface area contributed by atoms with Gasteiger partial charge >= 0.3 is 0 Å². The molecule has 2 aliphatic heterocycles. The zero-order valence-corrected chi connectivity index (χ0v) is 11.9. The minimum absolute atomic E-state index is 0.334. The van der Waals surface area contributed by atoms with E-state index in [9.17, 15) is 0 Å². The molecule has 0 bridgehead atoms. The Morgan fingerprint density at radius 2 is 1.33 bits per heavy atom. The Hall–Kier alpha value is -2.36. The van der Waals surface area contributed by atoms with Crippen LogP contribution in [0.3, 0.4) is 0 Å². The molecule has 2 aromatic rings. The van der Waals surface area contributed by atoms with Crippen LogP contribution in [0.15, 0.2) is 48.5 Å². The predicted molar refractivity (Wildman–Crippen MR) is 83.4 cm³/mol. The van der Waals surface area contributed by atoms with Crippen LogP contribution in [0, 0.1) is 0 Å². The summed E-state index contributed by atoms with van der Waals surface area (Å²) >= 11 is 0. The summed E-state index contributed by atoms with van der Waals surface area (Å²) in [7, 11) is 0. The maximum atomic E-state index is 5.46. The summed E-state index contributed by atoms with van der Waals surface area (Å²) in [6.45, 7) is 4.46. The molecular weight excluding hydrogens is 264 g/mol. The van der Waals surface area contributed by atoms with Gasteiger partial charge in [0.05, 0.1) is 0 Å². The Morgan fingerprint density at radius 3 is 2.10 bits per heavy atom. The zero-order chi connectivity index (χ0) is 14.1. The Bertz CT molecular complexity index is 622. The van der Waals surface area contributed by atoms with Crippen LogP contribution in [0.1, 0.15) is 0 Å². The molecule has 2 aromatic carbocycles. The largest absolute Gasteiger partial charge is 0.454 e. The van der Waals surface area contributed by atoms with E-state index in [0.29, 0.717) is 6.79 Å². The van der Waals surface area contributed by atoms with Gasteiger partial charge in [0.15, 0.2) is 11.5 Å². The normalized spacial score (nSPS) is 17.1. The lowest BCUT2D eigenvalue weighted by atomic mass is 10.2. The first-order valence-corrected chi connectivity index (χ1v) is 7.35. The van der Waals surface area contributed by atoms with E-state index in [0.717, 1.165) is 37.7 Å². The fourth-order valence-corrected chi connectivity index (χ4v) is 2.94. The molecule has 1 saturated heterocycles. The standard InChI is InChI=1S/C17H18N2O2/c1-2-4-14(5-3-1)18-8-10-19(11-9-18)15-6-7-16-17(12-15)21-13-20-16/h1-7,12H,8-11,13H2. The van der Waals surface area contributed by atoms with E-state index in [-0.39, 0.29) is 0 Å². The molecule has 4 rings (SSSR count). The maximum Gasteiger partial charge on any atom is 0.231 e. The minimum atomic E-state index is 0.334. The number of fused-ring (bicyclic) bond motifs is 1. The van der Waals surface area contributed by atoms with Crippen LogP contribution in [-0.4, -0.2) is 33.0 Å². The fourth-order valence-electron chi connectivity index (χ4n) is 2.94. The van der Waals surface area contributed by atoms with Crippen molar-refractivity contribution in [2.24, 2.45) is 0 Å². The van der Waals surface area contributed by atoms with Crippen LogP contribution >= 0.6 is 0 Å². The molecule has 0 radical (unpaired) electrons. The SMILES string of the molecule is c1ccc(N2CCN(c3ccc4c(c3)OCO4)CC2)cc1. The molecular formula is C17H18N2O2. The summed E-state index contributed by atoms with van der Waals surface area (Å²) in [6.07, 6.45) is 0. The van der Waals surface area contributed by atoms with Crippen molar-refractivity contribution in [3.63, 3.8) is 0 Å². The zero-order valence-electron chi connectivity index (χ0n) is 11.9. The molecule has 0 aromatic heterocycles. The lowest BCUT2D eigenvalue weighted by Gasteiger charge is -2.37. The predicted octanol–water partition coefficient (Wildman–Crippen LogP) is 2.74. The fraction of sp³-hybridized carbons (Fsp3) is 0.294. The Kier molecular flexibility index (Phi) is 3.07. The number of hydrogen-bond acceptors (Lipinski definition) is 4. The minimum Gasteiger partial charge on any atom is -0.454 e. The lowest BCUT2D eigenvalue weighted by molar-refractivity contribution is 0.174. The number of anilines is 2. The Balaban J connectivity index is 1.45. The smallest absolute Gasteiger partial charge is 0.231 e. The van der Waals surface area contributed by atoms with E-state index in [2.05, 4.69) is 52.3 Å². The van der Waals surface area contributed by atoms with E-state index < -0.39 is 0 Å². The summed E-state index contributed by atoms with van der Waals surface area (Å²) in [5, 5.41) is 0. The third-order valence-electron chi connectivity index (χ3n) is 4.12. The summed E-state index contributed by atoms with van der Waals surface area (Å²) in [5.74, 6) is 1.71. The van der Waals surface area contributed by atoms with Gasteiger partial charge in [0.25, 0.3) is 0 Å². The molecule has 0 atom stereocenters. The van der Waals surface area contributed by atoms with Crippen molar-refractivity contribution < 1.29 is 9.47 Å². The Labute approximate surface area is 124 Å². The van der Waals surface area contributed by atoms with Crippen molar-refractivity contribution in [2.45, 2.75) is 0 Å². The second kappa shape index (κ2) is 5.20. The van der Waals surface area contributed by atoms with E-state index in [1.165, 1.54) is 11.4 Å². The molecule has 2 heterocycles. The van der Waals surface area contributed by atoms with E-state index in [1.807, 2.05) is 6.07 Å². The van der Waals surface area contributed by atoms with Gasteiger partial charge < -0.3 is 19.3 Å². The van der Waals surface area contributed by atoms with Crippen molar-refractivity contribution in [1.82, 2.24) is 0 Å². The first kappa shape index (κ1) is 12.4. The molecule has 0 unspecified atom stereocenters. The van der Waals surface area contributed by atoms with E-state index in [1.54, 1.807) is 0 Å². The monoisotopic (exact) mass is 282 g/mol. The van der Waals surface area contributed by atoms with Crippen LogP contribution in [0.25, 0.3) is 0 Å². The van der Waals surface area contributed by atoms with Crippen molar-refractivity contribution in [2.75, 3.05) is 42.8 Å². The summed E-state index contributed by atoms with van der Waals surface area (Å²) in [4.78, 5) is 4.84. The van der Waals surface area contributed by atoms with Gasteiger partial charge in [0, 0.05) is 43.6 Å². The van der Waals surface area contributed by atoms with Crippen LogP contribution in [0.5, 0.6) is 11.5 Å². The molecule has 1 fully saturated rings. The van der Waals surface area contributed by atoms with Crippen molar-refractivity contribution in [1.29, 1.82) is 0 Å². The highest BCUT2D eigenvalue weighted by atomic mass is 16.7. The van der Waals surface area contributed by atoms with Gasteiger partial charge in [0.2, 0.25) is 6.79 Å². The van der Waals surface area contributed by atoms with Gasteiger partial charge in [-0.25, -0.2) is 0 Å². The van der Waals surface area contributed by atoms with Crippen molar-refractivity contribution >= 4 is 11.4 Å². The summed E-state index contributed by atoms with van der Waals surface area (Å²) in [6, 6.07) is 16.8. The second-order valence-corrected chi connectivity index (χ2v) is 5.35. The molecule has 4 nitrogen and oxygen atoms in total. The van der Waals surface area contributed by atoms with Gasteiger partial charge in [-0.1, -0.05) is 18.2 Å². The number of nitrogens with zero attached hydrogens (tertiary/aromatic N) is 2. The number of rotatable bonds is 2. The van der Waals surface area contributed by atoms with E-state index in [4.69, 9.17) is 9.47 Å². The van der Waals surface area contributed by atoms with Crippen molar-refractivity contribution in [3.8, 4) is 11.5 Å².